The van der Waals surface area contributed by atoms with Gasteiger partial charge >= 0.3 is 0 Å². The molecule has 0 nitrogen and oxygen atoms in total. The molecule has 0 fully saturated rings. The average Bonchev–Trinajstić information content (AvgIpc) is 2.22. The Kier molecular flexibility index (Phi) is 5.24. The predicted octanol–water partition coefficient (Wildman–Crippen LogP) is 3.63. The summed E-state index contributed by atoms with van der Waals surface area (Å²) >= 11 is 0. The Bertz CT molecular complexity index is 198. The maximum atomic E-state index is 3.01. The molecule has 0 heteroatoms. The fraction of sp³-hybridized carbons (Fsp3) is 0.364. The first-order valence-corrected chi connectivity index (χ1v) is 4.07. The first-order valence-electron chi connectivity index (χ1n) is 4.07. The van der Waals surface area contributed by atoms with Crippen molar-refractivity contribution in [3.05, 3.63) is 41.2 Å². The molecule has 0 aromatic heterocycles. The van der Waals surface area contributed by atoms with Crippen LogP contribution in [0.15, 0.2) is 41.2 Å². The molecule has 0 bridgehead atoms. The standard InChI is InChI=1S/C9H10.C2H6/c1-8-6-4-3-5-7-9(8)2;1-2/h4-7H,1-2H3;1-2H3. The van der Waals surface area contributed by atoms with Crippen LogP contribution >= 0.6 is 0 Å². The van der Waals surface area contributed by atoms with E-state index in [1.165, 1.54) is 11.1 Å². The minimum atomic E-state index is 1.32. The molecule has 1 aliphatic rings. The van der Waals surface area contributed by atoms with E-state index in [0.29, 0.717) is 0 Å². The normalized spacial score (nSPS) is 14.2. The molecule has 0 radical (unpaired) electrons. The second-order valence-corrected chi connectivity index (χ2v) is 2.20. The van der Waals surface area contributed by atoms with E-state index in [-0.39, 0.29) is 0 Å². The van der Waals surface area contributed by atoms with Crippen molar-refractivity contribution in [3.8, 4) is 0 Å². The van der Waals surface area contributed by atoms with Crippen LogP contribution in [0.4, 0.5) is 0 Å². The van der Waals surface area contributed by atoms with E-state index >= 15 is 0 Å². The van der Waals surface area contributed by atoms with Gasteiger partial charge in [-0.05, 0) is 37.1 Å². The summed E-state index contributed by atoms with van der Waals surface area (Å²) in [6.45, 7) is 8.20. The van der Waals surface area contributed by atoms with Crippen LogP contribution in [-0.4, -0.2) is 0 Å². The highest BCUT2D eigenvalue weighted by molar-refractivity contribution is 5.35. The minimum absolute atomic E-state index is 1.32. The Hall–Kier alpha value is -1.00. The van der Waals surface area contributed by atoms with Gasteiger partial charge in [-0.15, -0.1) is 5.73 Å². The Balaban J connectivity index is 0.000000461. The summed E-state index contributed by atoms with van der Waals surface area (Å²) in [7, 11) is 0. The molecule has 0 N–H and O–H groups in total. The Morgan fingerprint density at radius 2 is 1.27 bits per heavy atom. The lowest BCUT2D eigenvalue weighted by Crippen LogP contribution is -1.74. The number of allylic oxidation sites excluding steroid dienone is 5. The van der Waals surface area contributed by atoms with Crippen molar-refractivity contribution in [1.29, 1.82) is 0 Å². The van der Waals surface area contributed by atoms with Gasteiger partial charge in [0.25, 0.3) is 0 Å². The van der Waals surface area contributed by atoms with Crippen LogP contribution in [0.5, 0.6) is 0 Å². The third-order valence-corrected chi connectivity index (χ3v) is 1.48. The second kappa shape index (κ2) is 5.76. The Labute approximate surface area is 69.6 Å². The molecule has 0 saturated carbocycles. The molecule has 0 spiro atoms. The van der Waals surface area contributed by atoms with Crippen molar-refractivity contribution >= 4 is 0 Å². The van der Waals surface area contributed by atoms with Gasteiger partial charge in [-0.2, -0.15) is 0 Å². The van der Waals surface area contributed by atoms with Crippen LogP contribution in [0.3, 0.4) is 0 Å². The van der Waals surface area contributed by atoms with Gasteiger partial charge in [0.05, 0.1) is 0 Å². The maximum Gasteiger partial charge on any atom is -0.0197 e. The largest absolute Gasteiger partial charge is 0.121 e. The lowest BCUT2D eigenvalue weighted by Gasteiger charge is -1.94. The number of rotatable bonds is 0. The quantitative estimate of drug-likeness (QED) is 0.460. The molecule has 0 amide bonds. The fourth-order valence-corrected chi connectivity index (χ4v) is 0.665. The molecule has 60 valence electrons. The summed E-state index contributed by atoms with van der Waals surface area (Å²) in [6.07, 6.45) is 8.00. The first-order chi connectivity index (χ1) is 5.30. The van der Waals surface area contributed by atoms with Gasteiger partial charge in [-0.1, -0.05) is 26.0 Å². The van der Waals surface area contributed by atoms with Gasteiger partial charge in [0, 0.05) is 0 Å². The molecule has 0 aromatic carbocycles. The van der Waals surface area contributed by atoms with Gasteiger partial charge in [-0.25, -0.2) is 0 Å². The van der Waals surface area contributed by atoms with Crippen LogP contribution in [-0.2, 0) is 0 Å². The second-order valence-electron chi connectivity index (χ2n) is 2.20. The molecular weight excluding hydrogens is 132 g/mol. The van der Waals surface area contributed by atoms with Crippen LogP contribution in [0, 0.1) is 0 Å². The third kappa shape index (κ3) is 3.64. The SMILES string of the molecule is CC.CC1=CC=C=CC=C1C. The Morgan fingerprint density at radius 3 is 1.64 bits per heavy atom. The van der Waals surface area contributed by atoms with E-state index in [0.717, 1.165) is 0 Å². The van der Waals surface area contributed by atoms with E-state index in [2.05, 4.69) is 31.7 Å². The van der Waals surface area contributed by atoms with Crippen molar-refractivity contribution in [3.63, 3.8) is 0 Å². The fourth-order valence-electron chi connectivity index (χ4n) is 0.665. The van der Waals surface area contributed by atoms with Crippen LogP contribution in [0.25, 0.3) is 0 Å². The van der Waals surface area contributed by atoms with E-state index in [1.54, 1.807) is 0 Å². The molecular formula is C11H16. The van der Waals surface area contributed by atoms with E-state index in [1.807, 2.05) is 26.0 Å². The summed E-state index contributed by atoms with van der Waals surface area (Å²) in [6, 6.07) is 0. The maximum absolute atomic E-state index is 3.01. The zero-order valence-corrected chi connectivity index (χ0v) is 7.81. The first kappa shape index (κ1) is 10.0. The van der Waals surface area contributed by atoms with Crippen molar-refractivity contribution in [2.24, 2.45) is 0 Å². The van der Waals surface area contributed by atoms with Crippen molar-refractivity contribution < 1.29 is 0 Å². The molecule has 0 aliphatic heterocycles. The molecule has 0 saturated heterocycles. The lowest BCUT2D eigenvalue weighted by molar-refractivity contribution is 1.35. The molecule has 11 heavy (non-hydrogen) atoms. The van der Waals surface area contributed by atoms with Gasteiger partial charge < -0.3 is 0 Å². The minimum Gasteiger partial charge on any atom is -0.121 e. The van der Waals surface area contributed by atoms with Crippen LogP contribution < -0.4 is 0 Å². The summed E-state index contributed by atoms with van der Waals surface area (Å²) < 4.78 is 0. The monoisotopic (exact) mass is 148 g/mol. The highest BCUT2D eigenvalue weighted by atomic mass is 13.9. The highest BCUT2D eigenvalue weighted by Gasteiger charge is 1.89. The lowest BCUT2D eigenvalue weighted by atomic mass is 10.1. The molecule has 0 heterocycles. The van der Waals surface area contributed by atoms with Gasteiger partial charge in [0.15, 0.2) is 0 Å². The Morgan fingerprint density at radius 1 is 0.909 bits per heavy atom. The zero-order chi connectivity index (χ0) is 8.69. The van der Waals surface area contributed by atoms with Crippen molar-refractivity contribution in [2.75, 3.05) is 0 Å². The highest BCUT2D eigenvalue weighted by Crippen LogP contribution is 2.09. The zero-order valence-electron chi connectivity index (χ0n) is 7.81. The topological polar surface area (TPSA) is 0 Å². The molecule has 0 unspecified atom stereocenters. The van der Waals surface area contributed by atoms with Gasteiger partial charge in [-0.3, -0.25) is 0 Å². The molecule has 1 rings (SSSR count). The van der Waals surface area contributed by atoms with Crippen LogP contribution in [0.1, 0.15) is 27.7 Å². The molecule has 0 aromatic rings. The molecule has 0 atom stereocenters. The average molecular weight is 148 g/mol. The summed E-state index contributed by atoms with van der Waals surface area (Å²) in [4.78, 5) is 0. The van der Waals surface area contributed by atoms with Crippen LogP contribution in [0.2, 0.25) is 0 Å². The summed E-state index contributed by atoms with van der Waals surface area (Å²) in [5, 5.41) is 0. The summed E-state index contributed by atoms with van der Waals surface area (Å²) in [5.41, 5.74) is 5.64. The predicted molar refractivity (Wildman–Crippen MR) is 51.5 cm³/mol. The van der Waals surface area contributed by atoms with Gasteiger partial charge in [0.1, 0.15) is 0 Å². The van der Waals surface area contributed by atoms with E-state index in [4.69, 9.17) is 0 Å². The smallest absolute Gasteiger partial charge is 0.0197 e. The number of hydrogen-bond acceptors (Lipinski definition) is 0. The van der Waals surface area contributed by atoms with Gasteiger partial charge in [0.2, 0.25) is 0 Å². The molecule has 1 aliphatic carbocycles. The third-order valence-electron chi connectivity index (χ3n) is 1.48. The van der Waals surface area contributed by atoms with Crippen molar-refractivity contribution in [1.82, 2.24) is 0 Å². The number of hydrogen-bond donors (Lipinski definition) is 0. The van der Waals surface area contributed by atoms with Crippen molar-refractivity contribution in [2.45, 2.75) is 27.7 Å². The van der Waals surface area contributed by atoms with E-state index in [9.17, 15) is 0 Å². The summed E-state index contributed by atoms with van der Waals surface area (Å²) in [5.74, 6) is 0. The van der Waals surface area contributed by atoms with E-state index < -0.39 is 0 Å².